The Bertz CT molecular complexity index is 511. The van der Waals surface area contributed by atoms with Crippen LogP contribution >= 0.6 is 12.2 Å². The third-order valence-electron chi connectivity index (χ3n) is 3.45. The van der Waals surface area contributed by atoms with Crippen molar-refractivity contribution in [2.75, 3.05) is 39.3 Å². The van der Waals surface area contributed by atoms with Gasteiger partial charge in [0.2, 0.25) is 0 Å². The second-order valence-corrected chi connectivity index (χ2v) is 5.30. The quantitative estimate of drug-likeness (QED) is 0.572. The molecule has 1 heterocycles. The maximum atomic E-state index is 4.80. The van der Waals surface area contributed by atoms with Crippen molar-refractivity contribution in [2.45, 2.75) is 12.6 Å². The van der Waals surface area contributed by atoms with Crippen LogP contribution in [-0.2, 0) is 6.42 Å². The summed E-state index contributed by atoms with van der Waals surface area (Å²) in [6.45, 7) is 5.25. The number of isothiocyanates is 1. The zero-order valence-electron chi connectivity index (χ0n) is 12.7. The summed E-state index contributed by atoms with van der Waals surface area (Å²) in [5, 5.41) is 12.6. The molecule has 1 aliphatic rings. The molecule has 0 radical (unpaired) electrons. The average Bonchev–Trinajstić information content (AvgIpc) is 2.54. The molecule has 0 aliphatic carbocycles. The third kappa shape index (κ3) is 6.13. The standard InChI is InChI=1S/C16H23N5S/c22-13-21-16-15(12-14-4-2-1-3-5-14)19-10-8-17-6-7-18-9-11-20-16/h1-5,16-18,20H,6-12H2. The summed E-state index contributed by atoms with van der Waals surface area (Å²) in [4.78, 5) is 9.01. The monoisotopic (exact) mass is 317 g/mol. The number of benzene rings is 1. The van der Waals surface area contributed by atoms with E-state index in [1.165, 1.54) is 5.56 Å². The molecule has 22 heavy (non-hydrogen) atoms. The van der Waals surface area contributed by atoms with E-state index in [-0.39, 0.29) is 6.17 Å². The SMILES string of the molecule is S=C=NC1NCCNCCNCCN=C1Cc1ccccc1. The van der Waals surface area contributed by atoms with Gasteiger partial charge in [0.25, 0.3) is 0 Å². The Morgan fingerprint density at radius 1 is 1.09 bits per heavy atom. The van der Waals surface area contributed by atoms with E-state index in [9.17, 15) is 0 Å². The van der Waals surface area contributed by atoms with Gasteiger partial charge in [0.15, 0.2) is 0 Å². The summed E-state index contributed by atoms with van der Waals surface area (Å²) in [6, 6.07) is 10.3. The molecular weight excluding hydrogens is 294 g/mol. The fourth-order valence-electron chi connectivity index (χ4n) is 2.34. The largest absolute Gasteiger partial charge is 0.314 e. The lowest BCUT2D eigenvalue weighted by Gasteiger charge is -2.18. The Morgan fingerprint density at radius 2 is 1.82 bits per heavy atom. The predicted molar refractivity (Wildman–Crippen MR) is 95.0 cm³/mol. The van der Waals surface area contributed by atoms with Gasteiger partial charge < -0.3 is 10.6 Å². The van der Waals surface area contributed by atoms with Gasteiger partial charge in [0.05, 0.1) is 17.4 Å². The van der Waals surface area contributed by atoms with E-state index < -0.39 is 0 Å². The second kappa shape index (κ2) is 10.3. The van der Waals surface area contributed by atoms with Crippen molar-refractivity contribution >= 4 is 23.1 Å². The summed E-state index contributed by atoms with van der Waals surface area (Å²) in [7, 11) is 0. The van der Waals surface area contributed by atoms with Crippen LogP contribution in [0, 0.1) is 0 Å². The fourth-order valence-corrected chi connectivity index (χ4v) is 2.44. The lowest BCUT2D eigenvalue weighted by Crippen LogP contribution is -2.42. The molecule has 3 N–H and O–H groups in total. The molecule has 0 fully saturated rings. The number of aliphatic imine (C=N–C) groups is 2. The van der Waals surface area contributed by atoms with Crippen molar-refractivity contribution in [3.8, 4) is 0 Å². The Morgan fingerprint density at radius 3 is 2.59 bits per heavy atom. The van der Waals surface area contributed by atoms with E-state index in [1.54, 1.807) is 0 Å². The van der Waals surface area contributed by atoms with Crippen molar-refractivity contribution < 1.29 is 0 Å². The smallest absolute Gasteiger partial charge is 0.149 e. The van der Waals surface area contributed by atoms with E-state index in [0.29, 0.717) is 0 Å². The number of hydrogen-bond acceptors (Lipinski definition) is 6. The molecule has 5 nitrogen and oxygen atoms in total. The Labute approximate surface area is 137 Å². The minimum atomic E-state index is -0.195. The molecule has 118 valence electrons. The highest BCUT2D eigenvalue weighted by Gasteiger charge is 2.14. The summed E-state index contributed by atoms with van der Waals surface area (Å²) in [6.07, 6.45) is 0.575. The van der Waals surface area contributed by atoms with E-state index in [1.807, 2.05) is 18.2 Å². The highest BCUT2D eigenvalue weighted by atomic mass is 32.1. The molecule has 1 unspecified atom stereocenters. The minimum absolute atomic E-state index is 0.195. The van der Waals surface area contributed by atoms with Crippen molar-refractivity contribution in [3.63, 3.8) is 0 Å². The zero-order chi connectivity index (χ0) is 15.5. The first-order valence-electron chi connectivity index (χ1n) is 7.69. The first-order chi connectivity index (χ1) is 10.9. The molecule has 0 aromatic heterocycles. The van der Waals surface area contributed by atoms with E-state index in [4.69, 9.17) is 17.2 Å². The average molecular weight is 317 g/mol. The van der Waals surface area contributed by atoms with Crippen LogP contribution in [0.4, 0.5) is 0 Å². The summed E-state index contributed by atoms with van der Waals surface area (Å²) in [5.41, 5.74) is 2.23. The normalized spacial score (nSPS) is 20.9. The molecule has 1 aliphatic heterocycles. The van der Waals surface area contributed by atoms with Gasteiger partial charge in [-0.2, -0.15) is 0 Å². The first kappa shape index (κ1) is 16.9. The highest BCUT2D eigenvalue weighted by molar-refractivity contribution is 7.78. The lowest BCUT2D eigenvalue weighted by molar-refractivity contribution is 0.560. The van der Waals surface area contributed by atoms with Gasteiger partial charge in [-0.25, -0.2) is 4.99 Å². The molecule has 2 rings (SSSR count). The Kier molecular flexibility index (Phi) is 7.94. The molecule has 1 aromatic rings. The van der Waals surface area contributed by atoms with Gasteiger partial charge >= 0.3 is 0 Å². The topological polar surface area (TPSA) is 60.8 Å². The van der Waals surface area contributed by atoms with Crippen LogP contribution in [0.15, 0.2) is 40.3 Å². The summed E-state index contributed by atoms with van der Waals surface area (Å²) >= 11 is 4.80. The summed E-state index contributed by atoms with van der Waals surface area (Å²) < 4.78 is 0. The molecule has 0 bridgehead atoms. The molecule has 1 aromatic carbocycles. The Balaban J connectivity index is 2.13. The minimum Gasteiger partial charge on any atom is -0.314 e. The van der Waals surface area contributed by atoms with Crippen LogP contribution in [0.2, 0.25) is 0 Å². The zero-order valence-corrected chi connectivity index (χ0v) is 13.5. The molecule has 0 spiro atoms. The van der Waals surface area contributed by atoms with Gasteiger partial charge in [-0.15, -0.1) is 0 Å². The third-order valence-corrected chi connectivity index (χ3v) is 3.55. The van der Waals surface area contributed by atoms with Crippen molar-refractivity contribution in [1.82, 2.24) is 16.0 Å². The van der Waals surface area contributed by atoms with E-state index in [2.05, 4.69) is 38.2 Å². The van der Waals surface area contributed by atoms with Crippen LogP contribution in [0.25, 0.3) is 0 Å². The van der Waals surface area contributed by atoms with Gasteiger partial charge in [0.1, 0.15) is 6.17 Å². The molecular formula is C16H23N5S. The van der Waals surface area contributed by atoms with E-state index >= 15 is 0 Å². The molecule has 1 atom stereocenters. The van der Waals surface area contributed by atoms with Crippen LogP contribution in [-0.4, -0.2) is 56.3 Å². The van der Waals surface area contributed by atoms with Gasteiger partial charge in [-0.3, -0.25) is 10.3 Å². The first-order valence-corrected chi connectivity index (χ1v) is 8.10. The number of rotatable bonds is 3. The van der Waals surface area contributed by atoms with Crippen molar-refractivity contribution in [1.29, 1.82) is 0 Å². The maximum absolute atomic E-state index is 4.80. The van der Waals surface area contributed by atoms with Gasteiger partial charge in [-0.1, -0.05) is 30.3 Å². The second-order valence-electron chi connectivity index (χ2n) is 5.11. The lowest BCUT2D eigenvalue weighted by atomic mass is 10.1. The van der Waals surface area contributed by atoms with Crippen molar-refractivity contribution in [3.05, 3.63) is 35.9 Å². The van der Waals surface area contributed by atoms with Crippen LogP contribution in [0.1, 0.15) is 5.56 Å². The molecule has 0 saturated carbocycles. The molecule has 0 saturated heterocycles. The number of thiocarbonyl (C=S) groups is 1. The summed E-state index contributed by atoms with van der Waals surface area (Å²) in [5.74, 6) is 0. The van der Waals surface area contributed by atoms with E-state index in [0.717, 1.165) is 51.4 Å². The van der Waals surface area contributed by atoms with Gasteiger partial charge in [-0.05, 0) is 17.8 Å². The Hall–Kier alpha value is -1.43. The molecule has 0 amide bonds. The number of nitrogens with zero attached hydrogens (tertiary/aromatic N) is 2. The number of nitrogens with one attached hydrogen (secondary N) is 3. The number of hydrogen-bond donors (Lipinski definition) is 3. The van der Waals surface area contributed by atoms with Crippen LogP contribution in [0.5, 0.6) is 0 Å². The van der Waals surface area contributed by atoms with Gasteiger partial charge in [0, 0.05) is 39.1 Å². The van der Waals surface area contributed by atoms with Crippen LogP contribution < -0.4 is 16.0 Å². The van der Waals surface area contributed by atoms with Crippen molar-refractivity contribution in [2.24, 2.45) is 9.98 Å². The predicted octanol–water partition coefficient (Wildman–Crippen LogP) is 0.881. The van der Waals surface area contributed by atoms with Crippen LogP contribution in [0.3, 0.4) is 0 Å². The maximum Gasteiger partial charge on any atom is 0.149 e. The molecule has 6 heteroatoms. The fraction of sp³-hybridized carbons (Fsp3) is 0.500. The highest BCUT2D eigenvalue weighted by Crippen LogP contribution is 2.05.